The molecule has 34 heavy (non-hydrogen) atoms. The molecule has 1 heterocycles. The molecule has 0 aliphatic heterocycles. The topological polar surface area (TPSA) is 60.3 Å². The Bertz CT molecular complexity index is 1260. The summed E-state index contributed by atoms with van der Waals surface area (Å²) in [6.07, 6.45) is 0. The standard InChI is InChI=1S/C26H25FN4O2S/c1-4-33-20-16-14-19(15-17-20)24-28-29-26(31(24)22-13-9-8-12-21(22)27)34-23(25(32)30(2)3)18-10-6-5-7-11-18/h5-17,23H,4H2,1-3H3. The number of para-hydroxylation sites is 1. The third kappa shape index (κ3) is 4.97. The minimum Gasteiger partial charge on any atom is -0.494 e. The molecule has 4 rings (SSSR count). The van der Waals surface area contributed by atoms with E-state index in [1.54, 1.807) is 41.8 Å². The molecule has 1 atom stereocenters. The van der Waals surface area contributed by atoms with Crippen LogP contribution in [0.5, 0.6) is 5.75 Å². The van der Waals surface area contributed by atoms with Crippen LogP contribution in [0.3, 0.4) is 0 Å². The Kier molecular flexibility index (Phi) is 7.27. The van der Waals surface area contributed by atoms with E-state index >= 15 is 0 Å². The fourth-order valence-electron chi connectivity index (χ4n) is 3.48. The summed E-state index contributed by atoms with van der Waals surface area (Å²) in [5.41, 5.74) is 1.89. The maximum atomic E-state index is 15.0. The second kappa shape index (κ2) is 10.5. The average molecular weight is 477 g/mol. The van der Waals surface area contributed by atoms with E-state index in [0.717, 1.165) is 16.9 Å². The van der Waals surface area contributed by atoms with Gasteiger partial charge in [0.05, 0.1) is 12.3 Å². The summed E-state index contributed by atoms with van der Waals surface area (Å²) >= 11 is 1.24. The maximum Gasteiger partial charge on any atom is 0.240 e. The normalized spacial score (nSPS) is 11.8. The Morgan fingerprint density at radius 1 is 1.00 bits per heavy atom. The van der Waals surface area contributed by atoms with E-state index in [0.29, 0.717) is 23.3 Å². The lowest BCUT2D eigenvalue weighted by molar-refractivity contribution is -0.128. The minimum atomic E-state index is -0.570. The first-order chi connectivity index (χ1) is 16.5. The van der Waals surface area contributed by atoms with Gasteiger partial charge in [0.15, 0.2) is 11.0 Å². The zero-order valence-corrected chi connectivity index (χ0v) is 20.0. The lowest BCUT2D eigenvalue weighted by Gasteiger charge is -2.20. The number of nitrogens with zero attached hydrogens (tertiary/aromatic N) is 4. The number of ether oxygens (including phenoxy) is 1. The first kappa shape index (κ1) is 23.5. The first-order valence-electron chi connectivity index (χ1n) is 10.9. The number of carbonyl (C=O) groups excluding carboxylic acids is 1. The van der Waals surface area contributed by atoms with Crippen LogP contribution in [0, 0.1) is 5.82 Å². The molecule has 4 aromatic rings. The van der Waals surface area contributed by atoms with Gasteiger partial charge in [-0.05, 0) is 48.9 Å². The Balaban J connectivity index is 1.82. The van der Waals surface area contributed by atoms with Gasteiger partial charge in [0.2, 0.25) is 5.91 Å². The van der Waals surface area contributed by atoms with Crippen molar-refractivity contribution in [1.82, 2.24) is 19.7 Å². The highest BCUT2D eigenvalue weighted by atomic mass is 32.2. The van der Waals surface area contributed by atoms with Crippen molar-refractivity contribution in [1.29, 1.82) is 0 Å². The third-order valence-electron chi connectivity index (χ3n) is 5.14. The average Bonchev–Trinajstić information content (AvgIpc) is 3.27. The number of thioether (sulfide) groups is 1. The molecule has 0 bridgehead atoms. The highest BCUT2D eigenvalue weighted by Crippen LogP contribution is 2.38. The van der Waals surface area contributed by atoms with Crippen molar-refractivity contribution in [2.75, 3.05) is 20.7 Å². The second-order valence-electron chi connectivity index (χ2n) is 7.69. The molecule has 0 N–H and O–H groups in total. The van der Waals surface area contributed by atoms with Crippen molar-refractivity contribution in [2.45, 2.75) is 17.3 Å². The van der Waals surface area contributed by atoms with E-state index in [2.05, 4.69) is 10.2 Å². The number of aromatic nitrogens is 3. The van der Waals surface area contributed by atoms with E-state index in [4.69, 9.17) is 4.74 Å². The molecule has 0 aliphatic rings. The number of carbonyl (C=O) groups is 1. The summed E-state index contributed by atoms with van der Waals surface area (Å²) in [4.78, 5) is 14.6. The largest absolute Gasteiger partial charge is 0.494 e. The molecule has 1 aromatic heterocycles. The zero-order valence-electron chi connectivity index (χ0n) is 19.2. The van der Waals surface area contributed by atoms with E-state index in [9.17, 15) is 9.18 Å². The number of hydrogen-bond donors (Lipinski definition) is 0. The van der Waals surface area contributed by atoms with Gasteiger partial charge in [0.1, 0.15) is 16.8 Å². The highest BCUT2D eigenvalue weighted by molar-refractivity contribution is 8.00. The van der Waals surface area contributed by atoms with Gasteiger partial charge < -0.3 is 9.64 Å². The third-order valence-corrected chi connectivity index (χ3v) is 6.33. The van der Waals surface area contributed by atoms with Crippen LogP contribution < -0.4 is 4.74 Å². The van der Waals surface area contributed by atoms with Gasteiger partial charge in [-0.25, -0.2) is 4.39 Å². The van der Waals surface area contributed by atoms with E-state index in [1.807, 2.05) is 61.5 Å². The number of amides is 1. The summed E-state index contributed by atoms with van der Waals surface area (Å²) in [7, 11) is 3.43. The van der Waals surface area contributed by atoms with Crippen LogP contribution in [0.1, 0.15) is 17.7 Å². The van der Waals surface area contributed by atoms with Gasteiger partial charge in [-0.15, -0.1) is 10.2 Å². The predicted octanol–water partition coefficient (Wildman–Crippen LogP) is 5.39. The Morgan fingerprint density at radius 2 is 1.68 bits per heavy atom. The SMILES string of the molecule is CCOc1ccc(-c2nnc(SC(C(=O)N(C)C)c3ccccc3)n2-c2ccccc2F)cc1. The molecule has 8 heteroatoms. The summed E-state index contributed by atoms with van der Waals surface area (Å²) in [5.74, 6) is 0.701. The molecule has 0 spiro atoms. The molecule has 0 aliphatic carbocycles. The molecule has 6 nitrogen and oxygen atoms in total. The van der Waals surface area contributed by atoms with Crippen LogP contribution in [0.25, 0.3) is 17.1 Å². The number of halogens is 1. The van der Waals surface area contributed by atoms with Crippen LogP contribution in [0.2, 0.25) is 0 Å². The van der Waals surface area contributed by atoms with Crippen LogP contribution in [-0.4, -0.2) is 46.3 Å². The summed E-state index contributed by atoms with van der Waals surface area (Å²) in [6, 6.07) is 23.3. The first-order valence-corrected chi connectivity index (χ1v) is 11.7. The van der Waals surface area contributed by atoms with Crippen LogP contribution in [-0.2, 0) is 4.79 Å². The summed E-state index contributed by atoms with van der Waals surface area (Å²) in [5, 5.41) is 8.62. The number of hydrogen-bond acceptors (Lipinski definition) is 5. The van der Waals surface area contributed by atoms with Crippen LogP contribution >= 0.6 is 11.8 Å². The van der Waals surface area contributed by atoms with Gasteiger partial charge in [-0.2, -0.15) is 0 Å². The molecule has 0 saturated carbocycles. The van der Waals surface area contributed by atoms with Crippen molar-refractivity contribution < 1.29 is 13.9 Å². The Hall–Kier alpha value is -3.65. The van der Waals surface area contributed by atoms with Gasteiger partial charge >= 0.3 is 0 Å². The molecule has 3 aromatic carbocycles. The minimum absolute atomic E-state index is 0.0955. The lowest BCUT2D eigenvalue weighted by atomic mass is 10.1. The van der Waals surface area contributed by atoms with E-state index in [1.165, 1.54) is 17.8 Å². The van der Waals surface area contributed by atoms with Crippen LogP contribution in [0.15, 0.2) is 84.0 Å². The summed E-state index contributed by atoms with van der Waals surface area (Å²) in [6.45, 7) is 2.48. The lowest BCUT2D eigenvalue weighted by Crippen LogP contribution is -2.27. The smallest absolute Gasteiger partial charge is 0.240 e. The molecule has 1 unspecified atom stereocenters. The van der Waals surface area contributed by atoms with Crippen LogP contribution in [0.4, 0.5) is 4.39 Å². The highest BCUT2D eigenvalue weighted by Gasteiger charge is 2.28. The predicted molar refractivity (Wildman–Crippen MR) is 132 cm³/mol. The van der Waals surface area contributed by atoms with E-state index < -0.39 is 11.1 Å². The summed E-state index contributed by atoms with van der Waals surface area (Å²) < 4.78 is 22.2. The maximum absolute atomic E-state index is 15.0. The molecule has 0 saturated heterocycles. The fourth-order valence-corrected chi connectivity index (χ4v) is 4.67. The Labute approximate surface area is 202 Å². The molecule has 0 radical (unpaired) electrons. The van der Waals surface area contributed by atoms with Gasteiger partial charge in [-0.1, -0.05) is 54.2 Å². The molecule has 0 fully saturated rings. The number of likely N-dealkylation sites (N-methyl/N-ethyl adjacent to an activating group) is 1. The van der Waals surface area contributed by atoms with Crippen molar-refractivity contribution >= 4 is 17.7 Å². The molecule has 1 amide bonds. The quantitative estimate of drug-likeness (QED) is 0.319. The van der Waals surface area contributed by atoms with Gasteiger partial charge in [0, 0.05) is 19.7 Å². The van der Waals surface area contributed by atoms with Crippen molar-refractivity contribution in [3.8, 4) is 22.8 Å². The second-order valence-corrected chi connectivity index (χ2v) is 8.76. The van der Waals surface area contributed by atoms with Crippen molar-refractivity contribution in [2.24, 2.45) is 0 Å². The molecule has 174 valence electrons. The molecular formula is C26H25FN4O2S. The number of rotatable bonds is 8. The zero-order chi connectivity index (χ0) is 24.1. The van der Waals surface area contributed by atoms with Crippen molar-refractivity contribution in [3.63, 3.8) is 0 Å². The number of benzene rings is 3. The van der Waals surface area contributed by atoms with Crippen molar-refractivity contribution in [3.05, 3.63) is 90.2 Å². The Morgan fingerprint density at radius 3 is 2.32 bits per heavy atom. The van der Waals surface area contributed by atoms with Gasteiger partial charge in [-0.3, -0.25) is 9.36 Å². The van der Waals surface area contributed by atoms with Gasteiger partial charge in [0.25, 0.3) is 0 Å². The molecular weight excluding hydrogens is 451 g/mol. The fraction of sp³-hybridized carbons (Fsp3) is 0.192. The monoisotopic (exact) mass is 476 g/mol. The van der Waals surface area contributed by atoms with E-state index in [-0.39, 0.29) is 5.91 Å².